The minimum absolute atomic E-state index is 0.0921. The van der Waals surface area contributed by atoms with Gasteiger partial charge in [-0.1, -0.05) is 166 Å². The Morgan fingerprint density at radius 1 is 0.344 bits per heavy atom. The third kappa shape index (κ3) is 6.06. The van der Waals surface area contributed by atoms with Gasteiger partial charge in [-0.05, 0) is 138 Å². The molecule has 10 aromatic rings. The van der Waals surface area contributed by atoms with Gasteiger partial charge in [-0.3, -0.25) is 0 Å². The zero-order chi connectivity index (χ0) is 41.5. The quantitative estimate of drug-likeness (QED) is 0.117. The zero-order valence-electron chi connectivity index (χ0n) is 35.4. The van der Waals surface area contributed by atoms with Crippen molar-refractivity contribution >= 4 is 90.5 Å². The summed E-state index contributed by atoms with van der Waals surface area (Å²) in [6.07, 6.45) is 0. The van der Waals surface area contributed by atoms with Crippen LogP contribution in [0.2, 0.25) is 19.6 Å². The highest BCUT2D eigenvalue weighted by Crippen LogP contribution is 2.51. The lowest BCUT2D eigenvalue weighted by Gasteiger charge is -2.28. The predicted octanol–water partition coefficient (Wildman–Crippen LogP) is 16.1. The minimum atomic E-state index is -1.43. The van der Waals surface area contributed by atoms with E-state index in [2.05, 4.69) is 243 Å². The van der Waals surface area contributed by atoms with E-state index in [1.54, 1.807) is 0 Å². The lowest BCUT2D eigenvalue weighted by atomic mass is 9.82. The van der Waals surface area contributed by atoms with Crippen LogP contribution in [0.25, 0.3) is 54.2 Å². The highest BCUT2D eigenvalue weighted by Gasteiger charge is 2.35. The zero-order valence-corrected chi connectivity index (χ0v) is 36.4. The second kappa shape index (κ2) is 14.1. The van der Waals surface area contributed by atoms with E-state index in [0.29, 0.717) is 0 Å². The number of fused-ring (bicyclic) bond motifs is 11. The van der Waals surface area contributed by atoms with Gasteiger partial charge in [-0.15, -0.1) is 0 Å². The molecule has 0 aliphatic heterocycles. The predicted molar refractivity (Wildman–Crippen MR) is 266 cm³/mol. The van der Waals surface area contributed by atoms with Gasteiger partial charge in [0.1, 0.15) is 0 Å². The SMILES string of the molecule is CC1(C)c2ccccc2-c2ccc(N(c3ccccc3)c3ccc4c(c3)c3ccccc3c3c5ccc(N(c6ccccc6)c6ccc([Si](C)(C)C)cc6)cc5ccc43)cc21. The summed E-state index contributed by atoms with van der Waals surface area (Å²) in [7, 11) is -1.43. The molecule has 0 bridgehead atoms. The average molecular weight is 801 g/mol. The van der Waals surface area contributed by atoms with Crippen LogP contribution >= 0.6 is 0 Å². The van der Waals surface area contributed by atoms with Crippen molar-refractivity contribution in [1.82, 2.24) is 0 Å². The largest absolute Gasteiger partial charge is 0.310 e. The van der Waals surface area contributed by atoms with E-state index >= 15 is 0 Å². The Hall–Kier alpha value is -6.94. The van der Waals surface area contributed by atoms with E-state index < -0.39 is 8.07 Å². The Labute approximate surface area is 360 Å². The van der Waals surface area contributed by atoms with Gasteiger partial charge in [-0.25, -0.2) is 0 Å². The normalized spacial score (nSPS) is 13.1. The van der Waals surface area contributed by atoms with Crippen molar-refractivity contribution in [1.29, 1.82) is 0 Å². The summed E-state index contributed by atoms with van der Waals surface area (Å²) in [6.45, 7) is 11.9. The van der Waals surface area contributed by atoms with Gasteiger partial charge in [0.25, 0.3) is 0 Å². The molecule has 0 unspecified atom stereocenters. The standard InChI is InChI=1S/C58H48N2Si/c1-58(2)55-23-15-14-21-50(55)51-35-29-45(38-56(51)58)60(41-18-10-7-11-19-41)44-28-34-49-53-32-24-39-36-43(27-33-47(39)57(53)52-22-13-12-20-48(52)54(49)37-44)59(40-16-8-6-9-17-40)42-25-30-46(31-26-42)61(3,4)5/h6-38H,1-5H3. The fourth-order valence-electron chi connectivity index (χ4n) is 10.0. The molecule has 0 aromatic heterocycles. The molecule has 1 aliphatic carbocycles. The third-order valence-corrected chi connectivity index (χ3v) is 15.2. The Balaban J connectivity index is 1.07. The summed E-state index contributed by atoms with van der Waals surface area (Å²) in [5, 5.41) is 11.6. The smallest absolute Gasteiger partial charge is 0.0775 e. The van der Waals surface area contributed by atoms with Gasteiger partial charge in [0.2, 0.25) is 0 Å². The van der Waals surface area contributed by atoms with Crippen molar-refractivity contribution in [3.05, 3.63) is 211 Å². The fourth-order valence-corrected chi connectivity index (χ4v) is 11.2. The molecule has 3 heteroatoms. The van der Waals surface area contributed by atoms with Crippen LogP contribution in [0, 0.1) is 0 Å². The molecule has 2 nitrogen and oxygen atoms in total. The number of hydrogen-bond donors (Lipinski definition) is 0. The molecule has 11 rings (SSSR count). The Bertz CT molecular complexity index is 3290. The summed E-state index contributed by atoms with van der Waals surface area (Å²) < 4.78 is 0. The number of hydrogen-bond acceptors (Lipinski definition) is 2. The number of para-hydroxylation sites is 2. The number of anilines is 6. The Morgan fingerprint density at radius 3 is 1.52 bits per heavy atom. The lowest BCUT2D eigenvalue weighted by Crippen LogP contribution is -2.37. The molecule has 61 heavy (non-hydrogen) atoms. The van der Waals surface area contributed by atoms with Crippen LogP contribution in [0.5, 0.6) is 0 Å². The maximum Gasteiger partial charge on any atom is 0.0775 e. The highest BCUT2D eigenvalue weighted by molar-refractivity contribution is 6.88. The monoisotopic (exact) mass is 800 g/mol. The van der Waals surface area contributed by atoms with Crippen LogP contribution in [0.4, 0.5) is 34.1 Å². The second-order valence-electron chi connectivity index (χ2n) is 18.2. The van der Waals surface area contributed by atoms with E-state index in [9.17, 15) is 0 Å². The summed E-state index contributed by atoms with van der Waals surface area (Å²) in [5.41, 5.74) is 12.2. The van der Waals surface area contributed by atoms with Crippen molar-refractivity contribution in [3.63, 3.8) is 0 Å². The van der Waals surface area contributed by atoms with Crippen LogP contribution in [-0.4, -0.2) is 8.07 Å². The molecule has 10 aromatic carbocycles. The highest BCUT2D eigenvalue weighted by atomic mass is 28.3. The van der Waals surface area contributed by atoms with E-state index in [0.717, 1.165) is 28.4 Å². The number of nitrogens with zero attached hydrogens (tertiary/aromatic N) is 2. The maximum atomic E-state index is 2.43. The molecule has 0 saturated carbocycles. The summed E-state index contributed by atoms with van der Waals surface area (Å²) in [6, 6.07) is 74.5. The molecule has 294 valence electrons. The molecule has 0 heterocycles. The van der Waals surface area contributed by atoms with Crippen molar-refractivity contribution < 1.29 is 0 Å². The fraction of sp³-hybridized carbons (Fsp3) is 0.103. The van der Waals surface area contributed by atoms with E-state index in [1.165, 1.54) is 76.2 Å². The summed E-state index contributed by atoms with van der Waals surface area (Å²) in [5.74, 6) is 0. The van der Waals surface area contributed by atoms with Crippen LogP contribution in [0.3, 0.4) is 0 Å². The average Bonchev–Trinajstić information content (AvgIpc) is 3.52. The van der Waals surface area contributed by atoms with Crippen LogP contribution < -0.4 is 15.0 Å². The molecule has 0 amide bonds. The first-order chi connectivity index (χ1) is 29.6. The van der Waals surface area contributed by atoms with Crippen LogP contribution in [-0.2, 0) is 5.41 Å². The lowest BCUT2D eigenvalue weighted by molar-refractivity contribution is 0.660. The van der Waals surface area contributed by atoms with Crippen LogP contribution in [0.1, 0.15) is 25.0 Å². The molecular weight excluding hydrogens is 753 g/mol. The van der Waals surface area contributed by atoms with Gasteiger partial charge < -0.3 is 9.80 Å². The molecular formula is C58H48N2Si. The topological polar surface area (TPSA) is 6.48 Å². The third-order valence-electron chi connectivity index (χ3n) is 13.1. The van der Waals surface area contributed by atoms with Gasteiger partial charge in [-0.2, -0.15) is 0 Å². The summed E-state index contributed by atoms with van der Waals surface area (Å²) in [4.78, 5) is 4.81. The maximum absolute atomic E-state index is 2.43. The first-order valence-corrected chi connectivity index (χ1v) is 25.0. The molecule has 0 spiro atoms. The Kier molecular flexibility index (Phi) is 8.56. The van der Waals surface area contributed by atoms with Crippen LogP contribution in [0.15, 0.2) is 200 Å². The molecule has 0 saturated heterocycles. The first-order valence-electron chi connectivity index (χ1n) is 21.5. The van der Waals surface area contributed by atoms with Gasteiger partial charge in [0.15, 0.2) is 0 Å². The van der Waals surface area contributed by atoms with Crippen molar-refractivity contribution in [2.75, 3.05) is 9.80 Å². The molecule has 0 radical (unpaired) electrons. The van der Waals surface area contributed by atoms with E-state index in [-0.39, 0.29) is 5.41 Å². The van der Waals surface area contributed by atoms with Crippen molar-refractivity contribution in [3.8, 4) is 11.1 Å². The Morgan fingerprint density at radius 2 is 0.820 bits per heavy atom. The van der Waals surface area contributed by atoms with Crippen molar-refractivity contribution in [2.24, 2.45) is 0 Å². The molecule has 1 aliphatic rings. The number of benzene rings is 10. The van der Waals surface area contributed by atoms with E-state index in [4.69, 9.17) is 0 Å². The molecule has 0 atom stereocenters. The molecule has 0 N–H and O–H groups in total. The number of rotatable bonds is 7. The van der Waals surface area contributed by atoms with Gasteiger partial charge in [0, 0.05) is 39.5 Å². The van der Waals surface area contributed by atoms with E-state index in [1.807, 2.05) is 0 Å². The second-order valence-corrected chi connectivity index (χ2v) is 23.3. The molecule has 0 fully saturated rings. The van der Waals surface area contributed by atoms with Gasteiger partial charge in [0.05, 0.1) is 8.07 Å². The van der Waals surface area contributed by atoms with Gasteiger partial charge >= 0.3 is 0 Å². The minimum Gasteiger partial charge on any atom is -0.310 e. The summed E-state index contributed by atoms with van der Waals surface area (Å²) >= 11 is 0. The van der Waals surface area contributed by atoms with Crippen molar-refractivity contribution in [2.45, 2.75) is 38.9 Å². The first kappa shape index (κ1) is 37.1.